The lowest BCUT2D eigenvalue weighted by Crippen LogP contribution is -2.60. The molecular formula is C79H128N26O22. The predicted molar refractivity (Wildman–Crippen MR) is 458 cm³/mol. The van der Waals surface area contributed by atoms with Gasteiger partial charge in [0.15, 0.2) is 17.7 Å². The molecule has 0 saturated heterocycles. The second kappa shape index (κ2) is 58.9. The number of hydrogen-bond donors (Lipinski definition) is 29. The summed E-state index contributed by atoms with van der Waals surface area (Å²) >= 11 is 0. The van der Waals surface area contributed by atoms with Crippen molar-refractivity contribution >= 4 is 124 Å². The van der Waals surface area contributed by atoms with Gasteiger partial charge < -0.3 is 146 Å². The number of carbonyl (C=O) groups excluding carboxylic acids is 18. The Hall–Kier alpha value is -13.1. The lowest BCUT2D eigenvalue weighted by molar-refractivity contribution is -0.145. The Morgan fingerprint density at radius 3 is 1.22 bits per heavy atom. The van der Waals surface area contributed by atoms with Gasteiger partial charge in [-0.1, -0.05) is 74.5 Å². The maximum Gasteiger partial charge on any atom is 0.326 e. The first kappa shape index (κ1) is 110. The van der Waals surface area contributed by atoms with E-state index in [0.717, 1.165) is 19.4 Å². The highest BCUT2D eigenvalue weighted by Gasteiger charge is 2.39. The average Bonchev–Trinajstić information content (AvgIpc) is 0.855. The van der Waals surface area contributed by atoms with Gasteiger partial charge in [0, 0.05) is 32.4 Å². The molecule has 706 valence electrons. The average molecular weight is 1790 g/mol. The summed E-state index contributed by atoms with van der Waals surface area (Å²) in [5, 5.41) is 87.3. The SMILES string of the molecule is CC(C)C[C@H](NC(=O)[C@H](CCCCN)NC(=O)[C@H](CCCNC(=N)N)NC(=O)[C@H](C)NC(=O)[C@H](CO)NC(=O)[C@H](CCCCN)NC(=O)[C@H](CCCNC(=N)N)NC(=O)[C@H](C)NC(=O)CNC(=O)[C@@H](NC(=O)[C@H](Cc1ccccc1)NC(=O)CNC(=O)CNC(=O)[C@@H](N)Cc1ccccc1)[C@@H](C)O)C(=O)N[C@@H](C)C(=O)[C@@H](CC(N)=O)C(=O)N[C@@H](CCC(N)=O)C(=O)O. The molecule has 48 heteroatoms. The molecule has 0 aliphatic carbocycles. The van der Waals surface area contributed by atoms with Crippen molar-refractivity contribution in [3.63, 3.8) is 0 Å². The van der Waals surface area contributed by atoms with Crippen LogP contribution in [0.25, 0.3) is 0 Å². The first-order chi connectivity index (χ1) is 59.9. The Morgan fingerprint density at radius 2 is 0.772 bits per heavy atom. The number of carboxylic acid groups (broad SMARTS) is 1. The third-order valence-electron chi connectivity index (χ3n) is 19.1. The molecule has 17 amide bonds. The van der Waals surface area contributed by atoms with Crippen LogP contribution in [-0.4, -0.2) is 276 Å². The minimum absolute atomic E-state index is 0.0143. The van der Waals surface area contributed by atoms with Crippen molar-refractivity contribution in [2.24, 2.45) is 52.0 Å². The molecule has 2 aromatic carbocycles. The number of carbonyl (C=O) groups is 19. The molecule has 0 bridgehead atoms. The molecule has 0 saturated carbocycles. The van der Waals surface area contributed by atoms with Crippen LogP contribution in [0.4, 0.5) is 0 Å². The van der Waals surface area contributed by atoms with Crippen molar-refractivity contribution in [3.05, 3.63) is 71.8 Å². The molecule has 2 aromatic rings. The van der Waals surface area contributed by atoms with E-state index in [1.807, 2.05) is 0 Å². The number of nitrogens with one attached hydrogen (secondary N) is 19. The van der Waals surface area contributed by atoms with E-state index in [9.17, 15) is 106 Å². The van der Waals surface area contributed by atoms with Crippen molar-refractivity contribution in [2.45, 2.75) is 229 Å². The molecule has 127 heavy (non-hydrogen) atoms. The van der Waals surface area contributed by atoms with Crippen molar-refractivity contribution < 1.29 is 106 Å². The molecule has 36 N–H and O–H groups in total. The van der Waals surface area contributed by atoms with E-state index in [4.69, 9.17) is 51.0 Å². The van der Waals surface area contributed by atoms with Gasteiger partial charge in [-0.3, -0.25) is 97.1 Å². The minimum Gasteiger partial charge on any atom is -0.480 e. The quantitative estimate of drug-likeness (QED) is 0.0127. The highest BCUT2D eigenvalue weighted by Crippen LogP contribution is 2.15. The molecule has 2 rings (SSSR count). The van der Waals surface area contributed by atoms with E-state index >= 15 is 0 Å². The number of nitrogens with two attached hydrogens (primary N) is 7. The third kappa shape index (κ3) is 44.4. The van der Waals surface area contributed by atoms with Crippen molar-refractivity contribution in [3.8, 4) is 0 Å². The summed E-state index contributed by atoms with van der Waals surface area (Å²) in [5.41, 5.74) is 40.3. The van der Waals surface area contributed by atoms with Gasteiger partial charge in [0.05, 0.1) is 44.4 Å². The second-order valence-corrected chi connectivity index (χ2v) is 30.5. The monoisotopic (exact) mass is 1790 g/mol. The third-order valence-corrected chi connectivity index (χ3v) is 19.1. The van der Waals surface area contributed by atoms with Crippen LogP contribution in [0.3, 0.4) is 0 Å². The van der Waals surface area contributed by atoms with Crippen LogP contribution in [0.15, 0.2) is 60.7 Å². The van der Waals surface area contributed by atoms with Gasteiger partial charge in [-0.2, -0.15) is 0 Å². The number of benzene rings is 2. The van der Waals surface area contributed by atoms with E-state index in [1.165, 1.54) is 13.8 Å². The number of guanidine groups is 2. The standard InChI is InChI=1S/C79H128N26O22/c1-41(2)33-55(73(122)95-42(3)64(113)48(36-59(84)109)67(116)102-54(77(126)127)27-28-58(83)108)103-71(120)50(23-13-15-29-80)100-70(119)53(26-18-32-90-79(87)88)99-66(115)44(5)96-75(124)57(40-106)104-72(121)51(24-14-16-30-81)101-69(118)52(25-17-31-89-78(85)86)98-65(114)43(4)94-61(111)39-93-76(125)63(45(6)107)105-74(123)56(35-47-21-11-8-12-22-47)97-62(112)38-91-60(110)37-92-68(117)49(82)34-46-19-9-7-10-20-46/h7-12,19-22,41-45,48-57,63,106-107H,13-18,23-40,80-82H2,1-6H3,(H2,83,108)(H2,84,109)(H,91,110)(H,92,117)(H,93,125)(H,94,111)(H,95,122)(H,96,124)(H,97,112)(H,98,114)(H,99,115)(H,100,119)(H,101,118)(H,102,116)(H,103,120)(H,104,121)(H,105,123)(H,126,127)(H4,85,86,89)(H4,87,88,90)/t42-,43-,44-,45+,48+,49-,50-,51-,52-,53-,54-,55-,56-,57-,63-/m0/s1. The summed E-state index contributed by atoms with van der Waals surface area (Å²) in [4.78, 5) is 255. The predicted octanol–water partition coefficient (Wildman–Crippen LogP) is -10.4. The van der Waals surface area contributed by atoms with E-state index in [-0.39, 0.29) is 103 Å². The Morgan fingerprint density at radius 1 is 0.378 bits per heavy atom. The number of carboxylic acids is 1. The number of unbranched alkanes of at least 4 members (excludes halogenated alkanes) is 2. The van der Waals surface area contributed by atoms with Crippen molar-refractivity contribution in [1.29, 1.82) is 10.8 Å². The normalized spacial score (nSPS) is 14.5. The molecule has 0 unspecified atom stereocenters. The van der Waals surface area contributed by atoms with Gasteiger partial charge in [-0.05, 0) is 141 Å². The largest absolute Gasteiger partial charge is 0.480 e. The van der Waals surface area contributed by atoms with Crippen molar-refractivity contribution in [1.82, 2.24) is 90.4 Å². The fraction of sp³-hybridized carbons (Fsp3) is 0.582. The Kier molecular flexibility index (Phi) is 51.0. The number of aliphatic hydroxyl groups excluding tert-OH is 2. The maximum absolute atomic E-state index is 14.4. The van der Waals surface area contributed by atoms with Crippen LogP contribution in [0.5, 0.6) is 0 Å². The van der Waals surface area contributed by atoms with Crippen LogP contribution < -0.4 is 131 Å². The number of hydrogen-bond acceptors (Lipinski definition) is 26. The highest BCUT2D eigenvalue weighted by molar-refractivity contribution is 6.08. The van der Waals surface area contributed by atoms with E-state index in [2.05, 4.69) is 90.4 Å². The van der Waals surface area contributed by atoms with Gasteiger partial charge >= 0.3 is 5.97 Å². The molecule has 0 aliphatic heterocycles. The molecule has 15 atom stereocenters. The summed E-state index contributed by atoms with van der Waals surface area (Å²) in [6.45, 7) is 5.09. The molecule has 0 spiro atoms. The van der Waals surface area contributed by atoms with E-state index in [0.29, 0.717) is 18.4 Å². The van der Waals surface area contributed by atoms with Crippen LogP contribution in [0.2, 0.25) is 0 Å². The van der Waals surface area contributed by atoms with Gasteiger partial charge in [0.1, 0.15) is 72.4 Å². The number of aliphatic hydroxyl groups is 2. The molecule has 0 aliphatic rings. The zero-order valence-corrected chi connectivity index (χ0v) is 72.1. The first-order valence-electron chi connectivity index (χ1n) is 41.4. The highest BCUT2D eigenvalue weighted by atomic mass is 16.4. The molecule has 0 radical (unpaired) electrons. The number of amides is 17. The minimum atomic E-state index is -1.95. The summed E-state index contributed by atoms with van der Waals surface area (Å²) < 4.78 is 0. The summed E-state index contributed by atoms with van der Waals surface area (Å²) in [7, 11) is 0. The van der Waals surface area contributed by atoms with Crippen LogP contribution in [0, 0.1) is 22.7 Å². The number of aliphatic carboxylic acids is 1. The Balaban J connectivity index is 2.31. The van der Waals surface area contributed by atoms with Gasteiger partial charge in [-0.25, -0.2) is 4.79 Å². The second-order valence-electron chi connectivity index (χ2n) is 30.5. The smallest absolute Gasteiger partial charge is 0.326 e. The number of rotatable bonds is 62. The maximum atomic E-state index is 14.4. The van der Waals surface area contributed by atoms with Gasteiger partial charge in [-0.15, -0.1) is 0 Å². The van der Waals surface area contributed by atoms with Crippen LogP contribution in [0.1, 0.15) is 143 Å². The fourth-order valence-electron chi connectivity index (χ4n) is 12.2. The van der Waals surface area contributed by atoms with Crippen molar-refractivity contribution in [2.75, 3.05) is 52.4 Å². The molecule has 0 fully saturated rings. The topological polar surface area (TPSA) is 819 Å². The van der Waals surface area contributed by atoms with Crippen LogP contribution in [-0.2, 0) is 104 Å². The first-order valence-corrected chi connectivity index (χ1v) is 41.4. The van der Waals surface area contributed by atoms with E-state index < -0.39 is 260 Å². The van der Waals surface area contributed by atoms with Gasteiger partial charge in [0.25, 0.3) is 0 Å². The fourth-order valence-corrected chi connectivity index (χ4v) is 12.2. The molecule has 0 heterocycles. The lowest BCUT2D eigenvalue weighted by Gasteiger charge is -2.28. The summed E-state index contributed by atoms with van der Waals surface area (Å²) in [5.74, 6) is -22.7. The van der Waals surface area contributed by atoms with Gasteiger partial charge in [0.2, 0.25) is 100 Å². The zero-order chi connectivity index (χ0) is 95.6. The number of ketones is 1. The zero-order valence-electron chi connectivity index (χ0n) is 72.1. The Bertz CT molecular complexity index is 4050. The number of primary amides is 2. The summed E-state index contributed by atoms with van der Waals surface area (Å²) in [6.07, 6.45) is -3.22. The lowest BCUT2D eigenvalue weighted by atomic mass is 9.93. The molecular weight excluding hydrogens is 1670 g/mol. The summed E-state index contributed by atoms with van der Waals surface area (Å²) in [6, 6.07) is -2.75. The Labute approximate surface area is 733 Å². The van der Waals surface area contributed by atoms with E-state index in [1.54, 1.807) is 74.5 Å². The molecule has 48 nitrogen and oxygen atoms in total. The van der Waals surface area contributed by atoms with Crippen LogP contribution >= 0.6 is 0 Å². The molecule has 0 aromatic heterocycles. The number of Topliss-reactive ketones (excluding diaryl/α,β-unsaturated/α-hetero) is 1.